The van der Waals surface area contributed by atoms with Crippen LogP contribution in [0.4, 0.5) is 0 Å². The van der Waals surface area contributed by atoms with Gasteiger partial charge < -0.3 is 15.4 Å². The lowest BCUT2D eigenvalue weighted by Gasteiger charge is -2.17. The highest BCUT2D eigenvalue weighted by Gasteiger charge is 2.18. The van der Waals surface area contributed by atoms with Crippen LogP contribution in [0.25, 0.3) is 0 Å². The zero-order valence-corrected chi connectivity index (χ0v) is 15.7. The summed E-state index contributed by atoms with van der Waals surface area (Å²) in [6, 6.07) is 7.76. The van der Waals surface area contributed by atoms with Crippen LogP contribution in [-0.2, 0) is 9.53 Å². The minimum atomic E-state index is -0.0546. The molecule has 0 saturated heterocycles. The van der Waals surface area contributed by atoms with Gasteiger partial charge in [-0.2, -0.15) is 0 Å². The van der Waals surface area contributed by atoms with Gasteiger partial charge in [0.15, 0.2) is 0 Å². The molecule has 1 aromatic carbocycles. The Morgan fingerprint density at radius 2 is 1.88 bits per heavy atom. The molecule has 0 aromatic heterocycles. The Morgan fingerprint density at radius 1 is 1.16 bits per heavy atom. The summed E-state index contributed by atoms with van der Waals surface area (Å²) in [7, 11) is 1.60. The Morgan fingerprint density at radius 3 is 2.60 bits per heavy atom. The van der Waals surface area contributed by atoms with E-state index >= 15 is 0 Å². The Balaban J connectivity index is 1.90. The minimum absolute atomic E-state index is 0.0326. The van der Waals surface area contributed by atoms with Crippen LogP contribution in [0.5, 0.6) is 0 Å². The van der Waals surface area contributed by atoms with Crippen LogP contribution >= 0.6 is 11.8 Å². The van der Waals surface area contributed by atoms with Crippen molar-refractivity contribution in [2.24, 2.45) is 0 Å². The van der Waals surface area contributed by atoms with E-state index in [2.05, 4.69) is 10.6 Å². The number of carbonyl (C=O) groups is 2. The van der Waals surface area contributed by atoms with Gasteiger partial charge in [0.1, 0.15) is 0 Å². The van der Waals surface area contributed by atoms with Crippen molar-refractivity contribution < 1.29 is 14.3 Å². The Labute approximate surface area is 154 Å². The first kappa shape index (κ1) is 19.8. The summed E-state index contributed by atoms with van der Waals surface area (Å²) in [5, 5.41) is 5.97. The van der Waals surface area contributed by atoms with E-state index in [4.69, 9.17) is 4.74 Å². The molecule has 0 unspecified atom stereocenters. The van der Waals surface area contributed by atoms with Crippen LogP contribution in [-0.4, -0.2) is 43.9 Å². The molecule has 0 spiro atoms. The summed E-state index contributed by atoms with van der Waals surface area (Å²) in [6.45, 7) is 0.997. The number of nitrogens with one attached hydrogen (secondary N) is 2. The van der Waals surface area contributed by atoms with Crippen molar-refractivity contribution in [1.29, 1.82) is 0 Å². The van der Waals surface area contributed by atoms with Crippen molar-refractivity contribution in [2.75, 3.05) is 26.0 Å². The molecule has 2 N–H and O–H groups in total. The van der Waals surface area contributed by atoms with Gasteiger partial charge in [0, 0.05) is 24.6 Å². The maximum atomic E-state index is 12.7. The second-order valence-electron chi connectivity index (χ2n) is 6.29. The fourth-order valence-corrected chi connectivity index (χ4v) is 3.83. The monoisotopic (exact) mass is 364 g/mol. The second kappa shape index (κ2) is 11.2. The quantitative estimate of drug-likeness (QED) is 0.423. The molecule has 1 aliphatic rings. The molecule has 1 fully saturated rings. The average Bonchev–Trinajstić information content (AvgIpc) is 2.89. The van der Waals surface area contributed by atoms with Gasteiger partial charge in [0.25, 0.3) is 5.91 Å². The predicted octanol–water partition coefficient (Wildman–Crippen LogP) is 2.99. The number of ether oxygens (including phenoxy) is 1. The van der Waals surface area contributed by atoms with Gasteiger partial charge in [-0.1, -0.05) is 37.8 Å². The fourth-order valence-electron chi connectivity index (χ4n) is 2.95. The summed E-state index contributed by atoms with van der Waals surface area (Å²) >= 11 is 1.39. The van der Waals surface area contributed by atoms with Crippen LogP contribution in [0.1, 0.15) is 48.9 Å². The summed E-state index contributed by atoms with van der Waals surface area (Å²) in [4.78, 5) is 25.3. The molecule has 1 saturated carbocycles. The third-order valence-electron chi connectivity index (χ3n) is 4.31. The average molecular weight is 365 g/mol. The molecule has 5 nitrogen and oxygen atoms in total. The van der Waals surface area contributed by atoms with E-state index in [1.807, 2.05) is 24.3 Å². The minimum Gasteiger partial charge on any atom is -0.383 e. The van der Waals surface area contributed by atoms with Crippen LogP contribution in [0.15, 0.2) is 29.2 Å². The van der Waals surface area contributed by atoms with Crippen LogP contribution < -0.4 is 10.6 Å². The Bertz CT molecular complexity index is 557. The zero-order valence-electron chi connectivity index (χ0n) is 14.9. The maximum absolute atomic E-state index is 12.7. The molecule has 2 rings (SSSR count). The number of thioether (sulfide) groups is 1. The van der Waals surface area contributed by atoms with Gasteiger partial charge in [0.05, 0.1) is 17.9 Å². The molecular weight excluding hydrogens is 336 g/mol. The molecule has 25 heavy (non-hydrogen) atoms. The van der Waals surface area contributed by atoms with E-state index in [0.29, 0.717) is 18.7 Å². The number of carbonyl (C=O) groups excluding carboxylic acids is 2. The van der Waals surface area contributed by atoms with Crippen molar-refractivity contribution in [3.05, 3.63) is 29.8 Å². The number of amides is 2. The van der Waals surface area contributed by atoms with Crippen molar-refractivity contribution in [3.8, 4) is 0 Å². The molecule has 2 amide bonds. The molecule has 138 valence electrons. The van der Waals surface area contributed by atoms with Crippen molar-refractivity contribution >= 4 is 23.6 Å². The largest absolute Gasteiger partial charge is 0.383 e. The van der Waals surface area contributed by atoms with E-state index in [1.165, 1.54) is 37.4 Å². The predicted molar refractivity (Wildman–Crippen MR) is 101 cm³/mol. The van der Waals surface area contributed by atoms with Gasteiger partial charge in [-0.15, -0.1) is 11.8 Å². The first-order valence-corrected chi connectivity index (χ1v) is 9.97. The Hall–Kier alpha value is -1.53. The number of rotatable bonds is 8. The third kappa shape index (κ3) is 7.08. The summed E-state index contributed by atoms with van der Waals surface area (Å²) in [5.74, 6) is 0.202. The number of methoxy groups -OCH3 is 1. The normalized spacial score (nSPS) is 15.4. The van der Waals surface area contributed by atoms with Gasteiger partial charge in [-0.3, -0.25) is 9.59 Å². The van der Waals surface area contributed by atoms with Crippen LogP contribution in [0, 0.1) is 0 Å². The summed E-state index contributed by atoms with van der Waals surface area (Å²) in [5.41, 5.74) is 0.654. The van der Waals surface area contributed by atoms with E-state index in [9.17, 15) is 9.59 Å². The first-order valence-electron chi connectivity index (χ1n) is 8.99. The highest BCUT2D eigenvalue weighted by atomic mass is 32.2. The van der Waals surface area contributed by atoms with Gasteiger partial charge in [-0.05, 0) is 25.0 Å². The van der Waals surface area contributed by atoms with E-state index in [0.717, 1.165) is 17.7 Å². The maximum Gasteiger partial charge on any atom is 0.252 e. The second-order valence-corrected chi connectivity index (χ2v) is 7.31. The molecule has 1 aromatic rings. The van der Waals surface area contributed by atoms with Crippen molar-refractivity contribution in [2.45, 2.75) is 49.5 Å². The molecule has 0 aliphatic heterocycles. The van der Waals surface area contributed by atoms with Crippen LogP contribution in [0.2, 0.25) is 0 Å². The lowest BCUT2D eigenvalue weighted by Crippen LogP contribution is -2.34. The SMILES string of the molecule is COCCNC(=O)CSc1ccccc1C(=O)NC1CCCCCC1. The molecule has 6 heteroatoms. The highest BCUT2D eigenvalue weighted by Crippen LogP contribution is 2.23. The lowest BCUT2D eigenvalue weighted by molar-refractivity contribution is -0.118. The van der Waals surface area contributed by atoms with E-state index in [-0.39, 0.29) is 23.6 Å². The fraction of sp³-hybridized carbons (Fsp3) is 0.579. The molecule has 0 radical (unpaired) electrons. The van der Waals surface area contributed by atoms with E-state index in [1.54, 1.807) is 7.11 Å². The van der Waals surface area contributed by atoms with Crippen molar-refractivity contribution in [1.82, 2.24) is 10.6 Å². The van der Waals surface area contributed by atoms with Crippen LogP contribution in [0.3, 0.4) is 0 Å². The molecule has 1 aliphatic carbocycles. The highest BCUT2D eigenvalue weighted by molar-refractivity contribution is 8.00. The van der Waals surface area contributed by atoms with Crippen molar-refractivity contribution in [3.63, 3.8) is 0 Å². The zero-order chi connectivity index (χ0) is 17.9. The topological polar surface area (TPSA) is 67.4 Å². The first-order chi connectivity index (χ1) is 12.2. The van der Waals surface area contributed by atoms with Gasteiger partial charge in [0.2, 0.25) is 5.91 Å². The molecular formula is C19H28N2O3S. The number of hydrogen-bond acceptors (Lipinski definition) is 4. The Kier molecular flexibility index (Phi) is 8.83. The summed E-state index contributed by atoms with van der Waals surface area (Å²) in [6.07, 6.45) is 7.01. The number of benzene rings is 1. The van der Waals surface area contributed by atoms with Gasteiger partial charge >= 0.3 is 0 Å². The van der Waals surface area contributed by atoms with E-state index < -0.39 is 0 Å². The standard InChI is InChI=1S/C19H28N2O3S/c1-24-13-12-20-18(22)14-25-17-11-7-6-10-16(17)19(23)21-15-8-4-2-3-5-9-15/h6-7,10-11,15H,2-5,8-9,12-14H2,1H3,(H,20,22)(H,21,23). The number of hydrogen-bond donors (Lipinski definition) is 2. The lowest BCUT2D eigenvalue weighted by atomic mass is 10.1. The molecule has 0 heterocycles. The molecule has 0 bridgehead atoms. The smallest absolute Gasteiger partial charge is 0.252 e. The summed E-state index contributed by atoms with van der Waals surface area (Å²) < 4.78 is 4.91. The third-order valence-corrected chi connectivity index (χ3v) is 5.38. The van der Waals surface area contributed by atoms with Gasteiger partial charge in [-0.25, -0.2) is 0 Å². The molecule has 0 atom stereocenters.